The Morgan fingerprint density at radius 1 is 0.930 bits per heavy atom. The maximum atomic E-state index is 13.6. The number of carbonyl (C=O) groups excluding carboxylic acids is 4. The fourth-order valence-electron chi connectivity index (χ4n) is 5.95. The summed E-state index contributed by atoms with van der Waals surface area (Å²) in [4.78, 5) is 59.0. The van der Waals surface area contributed by atoms with Crippen molar-refractivity contribution in [1.29, 1.82) is 0 Å². The van der Waals surface area contributed by atoms with Crippen LogP contribution in [-0.4, -0.2) is 79.4 Å². The minimum absolute atomic E-state index is 0.0528. The molecule has 3 aromatic carbocycles. The van der Waals surface area contributed by atoms with Gasteiger partial charge in [0.1, 0.15) is 5.69 Å². The van der Waals surface area contributed by atoms with Crippen LogP contribution in [0.2, 0.25) is 0 Å². The second-order valence-electron chi connectivity index (χ2n) is 10.4. The van der Waals surface area contributed by atoms with Gasteiger partial charge in [0.05, 0.1) is 56.2 Å². The monoisotopic (exact) mass is 582 g/mol. The third-order valence-electron chi connectivity index (χ3n) is 8.06. The summed E-state index contributed by atoms with van der Waals surface area (Å²) in [6, 6.07) is 17.6. The zero-order chi connectivity index (χ0) is 30.2. The van der Waals surface area contributed by atoms with Crippen molar-refractivity contribution >= 4 is 40.3 Å². The van der Waals surface area contributed by atoms with Crippen molar-refractivity contribution in [2.45, 2.75) is 12.5 Å². The van der Waals surface area contributed by atoms with Crippen LogP contribution in [0.5, 0.6) is 11.5 Å². The topological polar surface area (TPSA) is 130 Å². The molecule has 2 aliphatic rings. The van der Waals surface area contributed by atoms with Crippen molar-refractivity contribution in [1.82, 2.24) is 14.8 Å². The highest BCUT2D eigenvalue weighted by Gasteiger charge is 2.39. The predicted octanol–water partition coefficient (Wildman–Crippen LogP) is 3.81. The van der Waals surface area contributed by atoms with Gasteiger partial charge in [0.25, 0.3) is 11.8 Å². The highest BCUT2D eigenvalue weighted by atomic mass is 16.5. The number of aromatic amines is 1. The molecule has 11 nitrogen and oxygen atoms in total. The molecular formula is C32H30N4O7. The van der Waals surface area contributed by atoms with Gasteiger partial charge in [-0.2, -0.15) is 0 Å². The SMILES string of the molecule is COC(=O)c1[nH]c2cc(OC)c(OC)cc2c1NC(=O)CN1CCc2ccccc2[C@@H]1CN1C(=O)c2ccccc2C1=O. The van der Waals surface area contributed by atoms with Crippen LogP contribution >= 0.6 is 0 Å². The highest BCUT2D eigenvalue weighted by molar-refractivity contribution is 6.21. The number of amides is 3. The average Bonchev–Trinajstić information content (AvgIpc) is 3.50. The standard InChI is InChI=1S/C32H30N4O7/c1-41-25-14-22-23(15-26(25)42-2)33-29(32(40)43-3)28(22)34-27(37)17-35-13-12-18-8-4-5-9-19(18)24(35)16-36-30(38)20-10-6-7-11-21(20)31(36)39/h4-11,14-15,24,33H,12-13,16-17H2,1-3H3,(H,34,37)/t24-/m0/s1. The molecule has 1 aromatic heterocycles. The van der Waals surface area contributed by atoms with Gasteiger partial charge in [-0.1, -0.05) is 36.4 Å². The Balaban J connectivity index is 1.30. The Kier molecular flexibility index (Phi) is 7.32. The van der Waals surface area contributed by atoms with Gasteiger partial charge >= 0.3 is 5.97 Å². The first-order chi connectivity index (χ1) is 20.8. The minimum Gasteiger partial charge on any atom is -0.493 e. The van der Waals surface area contributed by atoms with Crippen LogP contribution in [0.15, 0.2) is 60.7 Å². The summed E-state index contributed by atoms with van der Waals surface area (Å²) < 4.78 is 15.8. The number of benzene rings is 3. The van der Waals surface area contributed by atoms with Crippen molar-refractivity contribution in [3.63, 3.8) is 0 Å². The molecule has 0 fully saturated rings. The molecule has 220 valence electrons. The molecule has 3 heterocycles. The number of H-pyrrole nitrogens is 1. The van der Waals surface area contributed by atoms with Crippen molar-refractivity contribution in [3.8, 4) is 11.5 Å². The molecule has 11 heteroatoms. The van der Waals surface area contributed by atoms with Gasteiger partial charge in [0.2, 0.25) is 5.91 Å². The third-order valence-corrected chi connectivity index (χ3v) is 8.06. The highest BCUT2D eigenvalue weighted by Crippen LogP contribution is 2.38. The van der Waals surface area contributed by atoms with Gasteiger partial charge in [-0.05, 0) is 35.7 Å². The number of hydrogen-bond donors (Lipinski definition) is 2. The van der Waals surface area contributed by atoms with Crippen molar-refractivity contribution in [3.05, 3.63) is 88.6 Å². The number of carbonyl (C=O) groups is 4. The Morgan fingerprint density at radius 3 is 2.26 bits per heavy atom. The first-order valence-corrected chi connectivity index (χ1v) is 13.8. The van der Waals surface area contributed by atoms with Crippen LogP contribution < -0.4 is 14.8 Å². The van der Waals surface area contributed by atoms with Gasteiger partial charge in [-0.15, -0.1) is 0 Å². The normalized spacial score (nSPS) is 16.2. The Hall–Kier alpha value is -5.16. The lowest BCUT2D eigenvalue weighted by atomic mass is 9.92. The summed E-state index contributed by atoms with van der Waals surface area (Å²) in [5.41, 5.74) is 3.69. The average molecular weight is 583 g/mol. The van der Waals surface area contributed by atoms with E-state index in [0.29, 0.717) is 46.5 Å². The Morgan fingerprint density at radius 2 is 1.58 bits per heavy atom. The smallest absolute Gasteiger partial charge is 0.356 e. The molecule has 0 saturated carbocycles. The van der Waals surface area contributed by atoms with Crippen molar-refractivity contribution < 1.29 is 33.4 Å². The second kappa shape index (κ2) is 11.3. The van der Waals surface area contributed by atoms with E-state index >= 15 is 0 Å². The summed E-state index contributed by atoms with van der Waals surface area (Å²) in [6.45, 7) is 0.567. The molecule has 1 atom stereocenters. The quantitative estimate of drug-likeness (QED) is 0.237. The number of esters is 1. The fraction of sp³-hybridized carbons (Fsp3) is 0.250. The fourth-order valence-corrected chi connectivity index (χ4v) is 5.95. The number of ether oxygens (including phenoxy) is 3. The predicted molar refractivity (Wildman–Crippen MR) is 158 cm³/mol. The molecule has 2 aliphatic heterocycles. The van der Waals surface area contributed by atoms with Gasteiger partial charge in [0.15, 0.2) is 11.5 Å². The van der Waals surface area contributed by atoms with E-state index in [0.717, 1.165) is 11.1 Å². The summed E-state index contributed by atoms with van der Waals surface area (Å²) in [5.74, 6) is -0.853. The Labute approximate surface area is 247 Å². The van der Waals surface area contributed by atoms with Crippen LogP contribution in [0.3, 0.4) is 0 Å². The van der Waals surface area contributed by atoms with Crippen LogP contribution in [0.4, 0.5) is 5.69 Å². The summed E-state index contributed by atoms with van der Waals surface area (Å²) in [7, 11) is 4.26. The second-order valence-corrected chi connectivity index (χ2v) is 10.4. The number of methoxy groups -OCH3 is 3. The largest absolute Gasteiger partial charge is 0.493 e. The van der Waals surface area contributed by atoms with E-state index < -0.39 is 12.0 Å². The first kappa shape index (κ1) is 28.0. The number of rotatable bonds is 8. The van der Waals surface area contributed by atoms with E-state index in [2.05, 4.69) is 10.3 Å². The van der Waals surface area contributed by atoms with E-state index in [1.54, 1.807) is 36.4 Å². The lowest BCUT2D eigenvalue weighted by Gasteiger charge is -2.38. The van der Waals surface area contributed by atoms with Gasteiger partial charge < -0.3 is 24.5 Å². The number of imide groups is 1. The third kappa shape index (κ3) is 4.87. The summed E-state index contributed by atoms with van der Waals surface area (Å²) in [6.07, 6.45) is 0.694. The molecule has 0 spiro atoms. The molecule has 0 saturated heterocycles. The molecule has 3 amide bonds. The molecule has 2 N–H and O–H groups in total. The van der Waals surface area contributed by atoms with E-state index in [1.807, 2.05) is 29.2 Å². The number of nitrogens with zero attached hydrogens (tertiary/aromatic N) is 2. The van der Waals surface area contributed by atoms with Crippen LogP contribution in [0.1, 0.15) is 48.4 Å². The zero-order valence-corrected chi connectivity index (χ0v) is 23.9. The van der Waals surface area contributed by atoms with Crippen LogP contribution in [0.25, 0.3) is 10.9 Å². The molecule has 0 radical (unpaired) electrons. The molecule has 6 rings (SSSR count). The van der Waals surface area contributed by atoms with Gasteiger partial charge in [0, 0.05) is 24.5 Å². The lowest BCUT2D eigenvalue weighted by Crippen LogP contribution is -2.46. The molecule has 43 heavy (non-hydrogen) atoms. The van der Waals surface area contributed by atoms with Crippen molar-refractivity contribution in [2.24, 2.45) is 0 Å². The van der Waals surface area contributed by atoms with E-state index in [9.17, 15) is 19.2 Å². The van der Waals surface area contributed by atoms with Crippen molar-refractivity contribution in [2.75, 3.05) is 46.3 Å². The van der Waals surface area contributed by atoms with Crippen LogP contribution in [-0.2, 0) is 16.0 Å². The molecular weight excluding hydrogens is 552 g/mol. The van der Waals surface area contributed by atoms with E-state index in [4.69, 9.17) is 14.2 Å². The number of anilines is 1. The number of aromatic nitrogens is 1. The van der Waals surface area contributed by atoms with E-state index in [-0.39, 0.29) is 42.2 Å². The van der Waals surface area contributed by atoms with Gasteiger partial charge in [-0.25, -0.2) is 4.79 Å². The summed E-state index contributed by atoms with van der Waals surface area (Å²) in [5, 5.41) is 3.44. The summed E-state index contributed by atoms with van der Waals surface area (Å²) >= 11 is 0. The molecule has 0 aliphatic carbocycles. The molecule has 0 bridgehead atoms. The van der Waals surface area contributed by atoms with E-state index in [1.165, 1.54) is 26.2 Å². The molecule has 0 unspecified atom stereocenters. The number of fused-ring (bicyclic) bond motifs is 3. The number of hydrogen-bond acceptors (Lipinski definition) is 8. The maximum absolute atomic E-state index is 13.6. The maximum Gasteiger partial charge on any atom is 0.356 e. The zero-order valence-electron chi connectivity index (χ0n) is 23.9. The molecule has 4 aromatic rings. The van der Waals surface area contributed by atoms with Gasteiger partial charge in [-0.3, -0.25) is 24.2 Å². The number of nitrogens with one attached hydrogen (secondary N) is 2. The first-order valence-electron chi connectivity index (χ1n) is 13.8. The van der Waals surface area contributed by atoms with Crippen LogP contribution in [0, 0.1) is 0 Å². The minimum atomic E-state index is -0.653. The Bertz CT molecular complexity index is 1740. The lowest BCUT2D eigenvalue weighted by molar-refractivity contribution is -0.118.